The van der Waals surface area contributed by atoms with Crippen LogP contribution in [-0.4, -0.2) is 28.9 Å². The third kappa shape index (κ3) is 2.85. The van der Waals surface area contributed by atoms with Gasteiger partial charge in [0.1, 0.15) is 5.82 Å². The third-order valence-electron chi connectivity index (χ3n) is 4.87. The Balaban J connectivity index is 1.77. The van der Waals surface area contributed by atoms with Crippen LogP contribution in [0.25, 0.3) is 0 Å². The molecule has 0 spiro atoms. The SMILES string of the molecule is Cc1nn(C)c(N2CCC(C)(C)CC2)c1CNC1CC1. The summed E-state index contributed by atoms with van der Waals surface area (Å²) in [6.45, 7) is 10.2. The second-order valence-electron chi connectivity index (χ2n) is 7.32. The number of piperidine rings is 1. The van der Waals surface area contributed by atoms with Gasteiger partial charge in [-0.3, -0.25) is 4.68 Å². The van der Waals surface area contributed by atoms with E-state index in [1.807, 2.05) is 0 Å². The van der Waals surface area contributed by atoms with E-state index in [1.54, 1.807) is 0 Å². The van der Waals surface area contributed by atoms with Crippen molar-refractivity contribution in [3.8, 4) is 0 Å². The lowest BCUT2D eigenvalue weighted by Gasteiger charge is -2.38. The lowest BCUT2D eigenvalue weighted by Crippen LogP contribution is -2.39. The van der Waals surface area contributed by atoms with Crippen molar-refractivity contribution in [2.75, 3.05) is 18.0 Å². The standard InChI is InChI=1S/C16H28N4/c1-12-14(11-17-13-5-6-13)15(19(4)18-12)20-9-7-16(2,3)8-10-20/h13,17H,5-11H2,1-4H3. The number of hydrogen-bond donors (Lipinski definition) is 1. The molecule has 1 aromatic rings. The summed E-state index contributed by atoms with van der Waals surface area (Å²) in [6, 6.07) is 0.753. The molecular formula is C16H28N4. The zero-order valence-electron chi connectivity index (χ0n) is 13.4. The molecule has 0 atom stereocenters. The number of nitrogens with zero attached hydrogens (tertiary/aromatic N) is 3. The molecule has 3 rings (SSSR count). The van der Waals surface area contributed by atoms with E-state index in [4.69, 9.17) is 0 Å². The predicted molar refractivity (Wildman–Crippen MR) is 83.0 cm³/mol. The number of aryl methyl sites for hydroxylation is 2. The molecule has 1 N–H and O–H groups in total. The quantitative estimate of drug-likeness (QED) is 0.917. The molecule has 0 unspecified atom stereocenters. The maximum Gasteiger partial charge on any atom is 0.131 e. The number of rotatable bonds is 4. The van der Waals surface area contributed by atoms with Crippen molar-refractivity contribution >= 4 is 5.82 Å². The van der Waals surface area contributed by atoms with Crippen LogP contribution < -0.4 is 10.2 Å². The van der Waals surface area contributed by atoms with Crippen LogP contribution >= 0.6 is 0 Å². The van der Waals surface area contributed by atoms with E-state index in [9.17, 15) is 0 Å². The lowest BCUT2D eigenvalue weighted by molar-refractivity contribution is 0.278. The summed E-state index contributed by atoms with van der Waals surface area (Å²) in [6.07, 6.45) is 5.22. The van der Waals surface area contributed by atoms with Crippen molar-refractivity contribution in [3.05, 3.63) is 11.3 Å². The minimum atomic E-state index is 0.497. The Morgan fingerprint density at radius 1 is 1.25 bits per heavy atom. The number of nitrogens with one attached hydrogen (secondary N) is 1. The van der Waals surface area contributed by atoms with Crippen molar-refractivity contribution < 1.29 is 0 Å². The van der Waals surface area contributed by atoms with Gasteiger partial charge in [-0.1, -0.05) is 13.8 Å². The Hall–Kier alpha value is -1.03. The van der Waals surface area contributed by atoms with Crippen molar-refractivity contribution in [3.63, 3.8) is 0 Å². The first-order chi connectivity index (χ1) is 9.46. The first-order valence-corrected chi connectivity index (χ1v) is 7.97. The molecule has 1 aliphatic heterocycles. The highest BCUT2D eigenvalue weighted by Crippen LogP contribution is 2.34. The fourth-order valence-electron chi connectivity index (χ4n) is 3.15. The molecule has 1 saturated carbocycles. The van der Waals surface area contributed by atoms with Gasteiger partial charge in [0.25, 0.3) is 0 Å². The van der Waals surface area contributed by atoms with Crippen LogP contribution in [0, 0.1) is 12.3 Å². The van der Waals surface area contributed by atoms with Gasteiger partial charge in [-0.05, 0) is 38.0 Å². The highest BCUT2D eigenvalue weighted by atomic mass is 15.4. The second-order valence-corrected chi connectivity index (χ2v) is 7.32. The van der Waals surface area contributed by atoms with Gasteiger partial charge in [0.2, 0.25) is 0 Å². The Morgan fingerprint density at radius 2 is 1.90 bits per heavy atom. The van der Waals surface area contributed by atoms with E-state index in [2.05, 4.69) is 47.8 Å². The Morgan fingerprint density at radius 3 is 2.50 bits per heavy atom. The molecule has 1 saturated heterocycles. The fourth-order valence-corrected chi connectivity index (χ4v) is 3.15. The van der Waals surface area contributed by atoms with E-state index in [-0.39, 0.29) is 0 Å². The first-order valence-electron chi connectivity index (χ1n) is 7.97. The molecule has 2 fully saturated rings. The Kier molecular flexibility index (Phi) is 3.53. The van der Waals surface area contributed by atoms with Gasteiger partial charge in [0, 0.05) is 38.3 Å². The second kappa shape index (κ2) is 5.06. The van der Waals surface area contributed by atoms with E-state index in [1.165, 1.54) is 42.8 Å². The zero-order chi connectivity index (χ0) is 14.3. The molecule has 4 nitrogen and oxygen atoms in total. The van der Waals surface area contributed by atoms with Crippen LogP contribution in [0.4, 0.5) is 5.82 Å². The van der Waals surface area contributed by atoms with Crippen molar-refractivity contribution in [1.29, 1.82) is 0 Å². The summed E-state index contributed by atoms with van der Waals surface area (Å²) >= 11 is 0. The number of anilines is 1. The molecule has 2 heterocycles. The third-order valence-corrected chi connectivity index (χ3v) is 4.87. The molecule has 0 aromatic carbocycles. The minimum absolute atomic E-state index is 0.497. The summed E-state index contributed by atoms with van der Waals surface area (Å²) in [7, 11) is 2.09. The van der Waals surface area contributed by atoms with E-state index >= 15 is 0 Å². The van der Waals surface area contributed by atoms with E-state index in [0.717, 1.165) is 25.7 Å². The average Bonchev–Trinajstić information content (AvgIpc) is 3.14. The van der Waals surface area contributed by atoms with E-state index < -0.39 is 0 Å². The summed E-state index contributed by atoms with van der Waals surface area (Å²) in [4.78, 5) is 2.54. The lowest BCUT2D eigenvalue weighted by atomic mass is 9.82. The van der Waals surface area contributed by atoms with Gasteiger partial charge < -0.3 is 10.2 Å². The van der Waals surface area contributed by atoms with Crippen molar-refractivity contribution in [2.24, 2.45) is 12.5 Å². The summed E-state index contributed by atoms with van der Waals surface area (Å²) in [5, 5.41) is 8.30. The summed E-state index contributed by atoms with van der Waals surface area (Å²) in [5.74, 6) is 1.34. The van der Waals surface area contributed by atoms with Crippen LogP contribution in [0.1, 0.15) is 50.8 Å². The Bertz CT molecular complexity index is 475. The normalized spacial score (nSPS) is 22.3. The zero-order valence-corrected chi connectivity index (χ0v) is 13.4. The first kappa shape index (κ1) is 13.9. The molecule has 0 bridgehead atoms. The van der Waals surface area contributed by atoms with Crippen LogP contribution in [-0.2, 0) is 13.6 Å². The summed E-state index contributed by atoms with van der Waals surface area (Å²) < 4.78 is 2.08. The molecule has 0 radical (unpaired) electrons. The summed E-state index contributed by atoms with van der Waals surface area (Å²) in [5.41, 5.74) is 3.08. The van der Waals surface area contributed by atoms with Crippen LogP contribution in [0.15, 0.2) is 0 Å². The molecule has 20 heavy (non-hydrogen) atoms. The smallest absolute Gasteiger partial charge is 0.131 e. The van der Waals surface area contributed by atoms with Gasteiger partial charge in [0.05, 0.1) is 5.69 Å². The molecule has 4 heteroatoms. The molecule has 1 aliphatic carbocycles. The molecule has 2 aliphatic rings. The van der Waals surface area contributed by atoms with Crippen molar-refractivity contribution in [1.82, 2.24) is 15.1 Å². The van der Waals surface area contributed by atoms with Gasteiger partial charge in [-0.2, -0.15) is 5.10 Å². The predicted octanol–water partition coefficient (Wildman–Crippen LogP) is 2.61. The van der Waals surface area contributed by atoms with Gasteiger partial charge in [0.15, 0.2) is 0 Å². The monoisotopic (exact) mass is 276 g/mol. The minimum Gasteiger partial charge on any atom is -0.357 e. The van der Waals surface area contributed by atoms with E-state index in [0.29, 0.717) is 5.41 Å². The number of aromatic nitrogens is 2. The fraction of sp³-hybridized carbons (Fsp3) is 0.812. The van der Waals surface area contributed by atoms with Crippen LogP contribution in [0.2, 0.25) is 0 Å². The van der Waals surface area contributed by atoms with Gasteiger partial charge in [-0.25, -0.2) is 0 Å². The average molecular weight is 276 g/mol. The molecular weight excluding hydrogens is 248 g/mol. The molecule has 1 aromatic heterocycles. The highest BCUT2D eigenvalue weighted by Gasteiger charge is 2.29. The topological polar surface area (TPSA) is 33.1 Å². The Labute approximate surface area is 122 Å². The maximum absolute atomic E-state index is 4.66. The highest BCUT2D eigenvalue weighted by molar-refractivity contribution is 5.50. The largest absolute Gasteiger partial charge is 0.357 e. The maximum atomic E-state index is 4.66. The number of hydrogen-bond acceptors (Lipinski definition) is 3. The van der Waals surface area contributed by atoms with Gasteiger partial charge >= 0.3 is 0 Å². The molecule has 112 valence electrons. The van der Waals surface area contributed by atoms with Gasteiger partial charge in [-0.15, -0.1) is 0 Å². The van der Waals surface area contributed by atoms with Crippen LogP contribution in [0.3, 0.4) is 0 Å². The molecule has 0 amide bonds. The van der Waals surface area contributed by atoms with Crippen LogP contribution in [0.5, 0.6) is 0 Å². The van der Waals surface area contributed by atoms with Crippen molar-refractivity contribution in [2.45, 2.75) is 59.0 Å².